The van der Waals surface area contributed by atoms with Crippen LogP contribution in [0.2, 0.25) is 0 Å². The quantitative estimate of drug-likeness (QED) is 0.774. The van der Waals surface area contributed by atoms with Crippen LogP contribution in [-0.2, 0) is 0 Å². The number of nitrogens with zero attached hydrogens (tertiary/aromatic N) is 4. The zero-order chi connectivity index (χ0) is 20.1. The Kier molecular flexibility index (Phi) is 6.44. The summed E-state index contributed by atoms with van der Waals surface area (Å²) in [6, 6.07) is 7.74. The minimum atomic E-state index is -0.123. The van der Waals surface area contributed by atoms with E-state index in [9.17, 15) is 4.79 Å². The Morgan fingerprint density at radius 2 is 2.07 bits per heavy atom. The summed E-state index contributed by atoms with van der Waals surface area (Å²) in [6.45, 7) is 7.28. The number of likely N-dealkylation sites (tertiary alicyclic amines) is 1. The van der Waals surface area contributed by atoms with Crippen molar-refractivity contribution in [2.75, 3.05) is 37.6 Å². The molecular weight excluding hydrogens is 366 g/mol. The lowest BCUT2D eigenvalue weighted by atomic mass is 9.94. The van der Waals surface area contributed by atoms with Gasteiger partial charge in [0, 0.05) is 31.2 Å². The first kappa shape index (κ1) is 19.9. The van der Waals surface area contributed by atoms with Crippen LogP contribution in [0.3, 0.4) is 0 Å². The Balaban J connectivity index is 1.27. The van der Waals surface area contributed by atoms with E-state index in [0.29, 0.717) is 11.7 Å². The molecule has 1 N–H and O–H groups in total. The van der Waals surface area contributed by atoms with E-state index in [1.807, 2.05) is 24.3 Å². The van der Waals surface area contributed by atoms with Crippen molar-refractivity contribution in [1.29, 1.82) is 0 Å². The van der Waals surface area contributed by atoms with Gasteiger partial charge in [-0.3, -0.25) is 4.79 Å². The van der Waals surface area contributed by atoms with E-state index in [0.717, 1.165) is 57.0 Å². The Bertz CT molecular complexity index is 786. The molecule has 2 aliphatic heterocycles. The van der Waals surface area contributed by atoms with Gasteiger partial charge in [-0.2, -0.15) is 5.10 Å². The van der Waals surface area contributed by atoms with E-state index in [1.165, 1.54) is 19.4 Å². The number of piperidine rings is 1. The molecule has 4 heterocycles. The Morgan fingerprint density at radius 1 is 1.21 bits per heavy atom. The minimum Gasteiger partial charge on any atom is -0.456 e. The lowest BCUT2D eigenvalue weighted by Crippen LogP contribution is -2.37. The van der Waals surface area contributed by atoms with Crippen LogP contribution in [0.5, 0.6) is 0 Å². The zero-order valence-corrected chi connectivity index (χ0v) is 17.2. The van der Waals surface area contributed by atoms with Gasteiger partial charge in [-0.1, -0.05) is 13.3 Å². The second kappa shape index (κ2) is 9.39. The van der Waals surface area contributed by atoms with Crippen LogP contribution >= 0.6 is 0 Å². The zero-order valence-electron chi connectivity index (χ0n) is 17.2. The van der Waals surface area contributed by atoms with Crippen molar-refractivity contribution < 1.29 is 9.21 Å². The number of nitrogens with one attached hydrogen (secondary N) is 1. The fourth-order valence-corrected chi connectivity index (χ4v) is 4.32. The molecule has 4 rings (SSSR count). The molecule has 2 aromatic rings. The van der Waals surface area contributed by atoms with Gasteiger partial charge >= 0.3 is 0 Å². The van der Waals surface area contributed by atoms with Crippen LogP contribution in [-0.4, -0.2) is 59.8 Å². The first-order chi connectivity index (χ1) is 14.2. The van der Waals surface area contributed by atoms with E-state index in [1.54, 1.807) is 6.20 Å². The maximum absolute atomic E-state index is 12.7. The summed E-state index contributed by atoms with van der Waals surface area (Å²) < 4.78 is 5.96. The molecule has 7 heteroatoms. The average Bonchev–Trinajstić information content (AvgIpc) is 3.43. The van der Waals surface area contributed by atoms with Gasteiger partial charge in [0.1, 0.15) is 5.76 Å². The number of anilines is 1. The molecule has 29 heavy (non-hydrogen) atoms. The molecule has 2 aromatic heterocycles. The lowest BCUT2D eigenvalue weighted by molar-refractivity contribution is 0.0908. The largest absolute Gasteiger partial charge is 0.456 e. The maximum atomic E-state index is 12.7. The fourth-order valence-electron chi connectivity index (χ4n) is 4.32. The second-order valence-corrected chi connectivity index (χ2v) is 8.16. The molecule has 0 spiro atoms. The van der Waals surface area contributed by atoms with E-state index >= 15 is 0 Å². The van der Waals surface area contributed by atoms with E-state index in [2.05, 4.69) is 32.2 Å². The predicted molar refractivity (Wildman–Crippen MR) is 112 cm³/mol. The summed E-state index contributed by atoms with van der Waals surface area (Å²) in [5.74, 6) is 2.54. The highest BCUT2D eigenvalue weighted by Crippen LogP contribution is 2.29. The third kappa shape index (κ3) is 4.96. The molecule has 1 unspecified atom stereocenters. The molecule has 1 amide bonds. The molecule has 0 saturated carbocycles. The summed E-state index contributed by atoms with van der Waals surface area (Å²) in [5, 5.41) is 11.2. The first-order valence-corrected chi connectivity index (χ1v) is 10.9. The Morgan fingerprint density at radius 3 is 2.83 bits per heavy atom. The van der Waals surface area contributed by atoms with Crippen molar-refractivity contribution in [3.8, 4) is 0 Å². The van der Waals surface area contributed by atoms with Crippen LogP contribution in [0.25, 0.3) is 0 Å². The smallest absolute Gasteiger partial charge is 0.287 e. The number of rotatable bonds is 7. The second-order valence-electron chi connectivity index (χ2n) is 8.16. The number of carbonyl (C=O) groups is 1. The van der Waals surface area contributed by atoms with Gasteiger partial charge in [-0.05, 0) is 69.6 Å². The molecule has 2 fully saturated rings. The van der Waals surface area contributed by atoms with Gasteiger partial charge < -0.3 is 19.5 Å². The minimum absolute atomic E-state index is 0.0971. The molecule has 2 saturated heterocycles. The predicted octanol–water partition coefficient (Wildman–Crippen LogP) is 3.06. The highest BCUT2D eigenvalue weighted by atomic mass is 16.4. The summed E-state index contributed by atoms with van der Waals surface area (Å²) in [6.07, 6.45) is 7.29. The monoisotopic (exact) mass is 397 g/mol. The van der Waals surface area contributed by atoms with Crippen molar-refractivity contribution >= 4 is 11.7 Å². The number of aromatic nitrogens is 2. The number of furan rings is 1. The van der Waals surface area contributed by atoms with E-state index < -0.39 is 0 Å². The van der Waals surface area contributed by atoms with E-state index in [-0.39, 0.29) is 11.9 Å². The lowest BCUT2D eigenvalue weighted by Gasteiger charge is -2.30. The first-order valence-electron chi connectivity index (χ1n) is 10.9. The molecule has 0 radical (unpaired) electrons. The van der Waals surface area contributed by atoms with Gasteiger partial charge in [-0.25, -0.2) is 0 Å². The normalized spacial score (nSPS) is 20.9. The van der Waals surface area contributed by atoms with E-state index in [4.69, 9.17) is 4.42 Å². The van der Waals surface area contributed by atoms with Crippen LogP contribution < -0.4 is 10.2 Å². The van der Waals surface area contributed by atoms with Crippen molar-refractivity contribution in [2.24, 2.45) is 0 Å². The third-order valence-electron chi connectivity index (χ3n) is 6.07. The highest BCUT2D eigenvalue weighted by molar-refractivity contribution is 5.91. The van der Waals surface area contributed by atoms with Crippen molar-refractivity contribution in [2.45, 2.75) is 51.0 Å². The van der Waals surface area contributed by atoms with Crippen LogP contribution in [0.4, 0.5) is 5.82 Å². The van der Waals surface area contributed by atoms with Crippen molar-refractivity contribution in [1.82, 2.24) is 20.4 Å². The van der Waals surface area contributed by atoms with Gasteiger partial charge in [-0.15, -0.1) is 5.10 Å². The molecule has 0 aromatic carbocycles. The number of hydrogen-bond acceptors (Lipinski definition) is 6. The summed E-state index contributed by atoms with van der Waals surface area (Å²) in [5.41, 5.74) is 0. The molecule has 0 aliphatic carbocycles. The van der Waals surface area contributed by atoms with Gasteiger partial charge in [0.2, 0.25) is 0 Å². The standard InChI is InChI=1S/C22H31N5O2/c1-2-3-12-26-13-8-17(9-14-26)19-6-7-20(29-19)22(28)24-18-10-15-27(16-18)21-5-4-11-23-25-21/h4-7,11,17-18H,2-3,8-10,12-16H2,1H3,(H,24,28). The molecule has 156 valence electrons. The van der Waals surface area contributed by atoms with Crippen LogP contribution in [0.1, 0.15) is 61.3 Å². The highest BCUT2D eigenvalue weighted by Gasteiger charge is 2.27. The third-order valence-corrected chi connectivity index (χ3v) is 6.07. The summed E-state index contributed by atoms with van der Waals surface area (Å²) >= 11 is 0. The molecular formula is C22H31N5O2. The van der Waals surface area contributed by atoms with Gasteiger partial charge in [0.25, 0.3) is 5.91 Å². The van der Waals surface area contributed by atoms with Gasteiger partial charge in [0.05, 0.1) is 0 Å². The number of unbranched alkanes of at least 4 members (excludes halogenated alkanes) is 1. The van der Waals surface area contributed by atoms with Crippen molar-refractivity contribution in [3.05, 3.63) is 42.0 Å². The van der Waals surface area contributed by atoms with Crippen molar-refractivity contribution in [3.63, 3.8) is 0 Å². The van der Waals surface area contributed by atoms with Gasteiger partial charge in [0.15, 0.2) is 11.6 Å². The number of hydrogen-bond donors (Lipinski definition) is 1. The maximum Gasteiger partial charge on any atom is 0.287 e. The Labute approximate surface area is 172 Å². The molecule has 2 aliphatic rings. The van der Waals surface area contributed by atoms with Crippen LogP contribution in [0, 0.1) is 0 Å². The molecule has 7 nitrogen and oxygen atoms in total. The number of carbonyl (C=O) groups excluding carboxylic acids is 1. The Hall–Kier alpha value is -2.41. The molecule has 0 bridgehead atoms. The number of amides is 1. The van der Waals surface area contributed by atoms with Crippen LogP contribution in [0.15, 0.2) is 34.9 Å². The SMILES string of the molecule is CCCCN1CCC(c2ccc(C(=O)NC3CCN(c4cccnn4)C3)o2)CC1. The topological polar surface area (TPSA) is 74.5 Å². The summed E-state index contributed by atoms with van der Waals surface area (Å²) in [7, 11) is 0. The molecule has 1 atom stereocenters. The average molecular weight is 398 g/mol. The fraction of sp³-hybridized carbons (Fsp3) is 0.591. The summed E-state index contributed by atoms with van der Waals surface area (Å²) in [4.78, 5) is 17.3.